The lowest BCUT2D eigenvalue weighted by atomic mass is 10.2. The first-order valence-corrected chi connectivity index (χ1v) is 8.56. The summed E-state index contributed by atoms with van der Waals surface area (Å²) in [5.74, 6) is -0.154. The van der Waals surface area contributed by atoms with Gasteiger partial charge < -0.3 is 4.90 Å². The predicted molar refractivity (Wildman–Crippen MR) is 98.9 cm³/mol. The predicted octanol–water partition coefficient (Wildman–Crippen LogP) is 2.46. The third-order valence-electron chi connectivity index (χ3n) is 4.66. The van der Waals surface area contributed by atoms with Gasteiger partial charge in [0.05, 0.1) is 11.9 Å². The largest absolute Gasteiger partial charge is 0.365 e. The molecule has 0 aliphatic carbocycles. The highest BCUT2D eigenvalue weighted by Crippen LogP contribution is 2.29. The van der Waals surface area contributed by atoms with Crippen LogP contribution in [0.1, 0.15) is 18.5 Å². The molecule has 6 nitrogen and oxygen atoms in total. The third kappa shape index (κ3) is 2.79. The quantitative estimate of drug-likeness (QED) is 0.730. The summed E-state index contributed by atoms with van der Waals surface area (Å²) in [6.45, 7) is 2.30. The van der Waals surface area contributed by atoms with Gasteiger partial charge in [-0.25, -0.2) is 9.48 Å². The molecule has 2 heterocycles. The molecule has 4 rings (SSSR count). The fourth-order valence-electron chi connectivity index (χ4n) is 3.26. The molecular formula is C20H18N4O2. The Kier molecular flexibility index (Phi) is 4.08. The van der Waals surface area contributed by atoms with E-state index in [1.807, 2.05) is 54.6 Å². The second kappa shape index (κ2) is 6.55. The molecule has 0 N–H and O–H groups in total. The fourth-order valence-corrected chi connectivity index (χ4v) is 3.26. The Balaban J connectivity index is 1.62. The van der Waals surface area contributed by atoms with E-state index in [9.17, 15) is 9.59 Å². The number of benzene rings is 2. The van der Waals surface area contributed by atoms with Crippen molar-refractivity contribution in [1.82, 2.24) is 14.8 Å². The Morgan fingerprint density at radius 3 is 2.58 bits per heavy atom. The molecule has 1 atom stereocenters. The maximum atomic E-state index is 12.9. The average Bonchev–Trinajstić information content (AvgIpc) is 3.11. The van der Waals surface area contributed by atoms with Gasteiger partial charge in [-0.3, -0.25) is 4.79 Å². The van der Waals surface area contributed by atoms with Crippen LogP contribution in [-0.2, 0) is 11.2 Å². The van der Waals surface area contributed by atoms with Crippen molar-refractivity contribution in [2.45, 2.75) is 19.4 Å². The van der Waals surface area contributed by atoms with Crippen molar-refractivity contribution in [2.24, 2.45) is 0 Å². The Morgan fingerprint density at radius 1 is 1.08 bits per heavy atom. The molecule has 0 radical (unpaired) electrons. The molecule has 3 aromatic rings. The minimum atomic E-state index is -0.717. The highest BCUT2D eigenvalue weighted by Gasteiger charge is 2.29. The smallest absolute Gasteiger partial charge is 0.310 e. The van der Waals surface area contributed by atoms with E-state index >= 15 is 0 Å². The molecule has 0 bridgehead atoms. The Labute approximate surface area is 150 Å². The highest BCUT2D eigenvalue weighted by atomic mass is 16.2. The Bertz CT molecular complexity index is 1010. The molecule has 1 aliphatic heterocycles. The maximum absolute atomic E-state index is 12.9. The minimum absolute atomic E-state index is 0.154. The monoisotopic (exact) mass is 346 g/mol. The number of fused-ring (bicyclic) bond motifs is 1. The number of aromatic nitrogens is 3. The number of hydrogen-bond acceptors (Lipinski definition) is 4. The first kappa shape index (κ1) is 16.2. The van der Waals surface area contributed by atoms with Crippen molar-refractivity contribution in [3.63, 3.8) is 0 Å². The van der Waals surface area contributed by atoms with Crippen molar-refractivity contribution < 1.29 is 4.79 Å². The van der Waals surface area contributed by atoms with Gasteiger partial charge in [-0.05, 0) is 25.0 Å². The molecule has 0 unspecified atom stereocenters. The first-order chi connectivity index (χ1) is 12.6. The maximum Gasteiger partial charge on any atom is 0.365 e. The number of nitrogens with zero attached hydrogens (tertiary/aromatic N) is 4. The van der Waals surface area contributed by atoms with E-state index in [1.165, 1.54) is 6.20 Å². The molecule has 130 valence electrons. The summed E-state index contributed by atoms with van der Waals surface area (Å²) < 4.78 is 1.15. The zero-order valence-electron chi connectivity index (χ0n) is 14.4. The Morgan fingerprint density at radius 2 is 1.81 bits per heavy atom. The molecule has 1 aromatic heterocycles. The van der Waals surface area contributed by atoms with E-state index in [0.29, 0.717) is 12.2 Å². The van der Waals surface area contributed by atoms with Crippen LogP contribution in [0.4, 0.5) is 5.69 Å². The van der Waals surface area contributed by atoms with Gasteiger partial charge in [0.15, 0.2) is 0 Å². The molecule has 6 heteroatoms. The van der Waals surface area contributed by atoms with Gasteiger partial charge in [-0.15, -0.1) is 0 Å². The molecule has 0 saturated heterocycles. The summed E-state index contributed by atoms with van der Waals surface area (Å²) in [7, 11) is 0. The van der Waals surface area contributed by atoms with Crippen LogP contribution >= 0.6 is 0 Å². The van der Waals surface area contributed by atoms with Gasteiger partial charge in [-0.1, -0.05) is 48.5 Å². The fraction of sp³-hybridized carbons (Fsp3) is 0.200. The molecule has 0 spiro atoms. The van der Waals surface area contributed by atoms with Gasteiger partial charge in [0.1, 0.15) is 6.04 Å². The van der Waals surface area contributed by atoms with Gasteiger partial charge in [-0.2, -0.15) is 10.1 Å². The lowest BCUT2D eigenvalue weighted by molar-refractivity contribution is -0.121. The van der Waals surface area contributed by atoms with Gasteiger partial charge >= 0.3 is 5.69 Å². The van der Waals surface area contributed by atoms with Crippen molar-refractivity contribution >= 4 is 11.6 Å². The zero-order chi connectivity index (χ0) is 18.1. The lowest BCUT2D eigenvalue weighted by Gasteiger charge is -2.22. The summed E-state index contributed by atoms with van der Waals surface area (Å²) in [5, 5.41) is 4.20. The van der Waals surface area contributed by atoms with Crippen molar-refractivity contribution in [3.05, 3.63) is 76.8 Å². The van der Waals surface area contributed by atoms with E-state index < -0.39 is 11.7 Å². The topological polar surface area (TPSA) is 68.1 Å². The lowest BCUT2D eigenvalue weighted by Crippen LogP contribution is -2.40. The van der Waals surface area contributed by atoms with Gasteiger partial charge in [0.2, 0.25) is 0 Å². The number of rotatable bonds is 3. The van der Waals surface area contributed by atoms with Crippen molar-refractivity contribution in [3.8, 4) is 11.3 Å². The number of carbonyl (C=O) groups excluding carboxylic acids is 1. The van der Waals surface area contributed by atoms with Crippen LogP contribution in [0.2, 0.25) is 0 Å². The summed E-state index contributed by atoms with van der Waals surface area (Å²) in [6.07, 6.45) is 2.35. The van der Waals surface area contributed by atoms with E-state index in [0.717, 1.165) is 27.9 Å². The van der Waals surface area contributed by atoms with E-state index in [2.05, 4.69) is 10.1 Å². The minimum Gasteiger partial charge on any atom is -0.310 e. The van der Waals surface area contributed by atoms with Gasteiger partial charge in [0, 0.05) is 17.8 Å². The second-order valence-electron chi connectivity index (χ2n) is 6.28. The molecular weight excluding hydrogens is 328 g/mol. The molecule has 26 heavy (non-hydrogen) atoms. The molecule has 0 saturated carbocycles. The highest BCUT2D eigenvalue weighted by molar-refractivity contribution is 5.97. The van der Waals surface area contributed by atoms with Gasteiger partial charge in [0.25, 0.3) is 5.91 Å². The summed E-state index contributed by atoms with van der Waals surface area (Å²) in [4.78, 5) is 31.2. The van der Waals surface area contributed by atoms with Crippen molar-refractivity contribution in [1.29, 1.82) is 0 Å². The van der Waals surface area contributed by atoms with E-state index in [-0.39, 0.29) is 5.91 Å². The van der Waals surface area contributed by atoms with Crippen LogP contribution in [-0.4, -0.2) is 27.2 Å². The van der Waals surface area contributed by atoms with Crippen molar-refractivity contribution in [2.75, 3.05) is 11.4 Å². The molecule has 2 aromatic carbocycles. The van der Waals surface area contributed by atoms with Crippen LogP contribution in [0.5, 0.6) is 0 Å². The van der Waals surface area contributed by atoms with Crippen LogP contribution in [0.25, 0.3) is 11.3 Å². The van der Waals surface area contributed by atoms with E-state index in [4.69, 9.17) is 0 Å². The van der Waals surface area contributed by atoms with Crippen LogP contribution in [0.15, 0.2) is 65.6 Å². The molecule has 0 fully saturated rings. The number of amides is 1. The second-order valence-corrected chi connectivity index (χ2v) is 6.28. The van der Waals surface area contributed by atoms with Crippen LogP contribution < -0.4 is 10.6 Å². The normalized spacial score (nSPS) is 14.1. The van der Waals surface area contributed by atoms with E-state index in [1.54, 1.807) is 11.8 Å². The number of anilines is 1. The number of para-hydroxylation sites is 1. The zero-order valence-corrected chi connectivity index (χ0v) is 14.4. The number of carbonyl (C=O) groups is 1. The van der Waals surface area contributed by atoms with Crippen LogP contribution in [0, 0.1) is 0 Å². The van der Waals surface area contributed by atoms with Crippen LogP contribution in [0.3, 0.4) is 0 Å². The average molecular weight is 346 g/mol. The molecule has 1 amide bonds. The first-order valence-electron chi connectivity index (χ1n) is 8.56. The summed E-state index contributed by atoms with van der Waals surface area (Å²) >= 11 is 0. The standard InChI is InChI=1S/C20H18N4O2/c1-14(19(25)23-12-11-16-9-5-6-10-18(16)23)24-20(26)22-17(13-21-24)15-7-3-2-4-8-15/h2-10,13-14H,11-12H2,1H3/t14-/m1/s1. The SMILES string of the molecule is C[C@H](C(=O)N1CCc2ccccc21)n1ncc(-c2ccccc2)nc1=O. The Hall–Kier alpha value is -3.28. The molecule has 1 aliphatic rings. The summed E-state index contributed by atoms with van der Waals surface area (Å²) in [6, 6.07) is 16.5. The third-order valence-corrected chi connectivity index (χ3v) is 4.66. The summed E-state index contributed by atoms with van der Waals surface area (Å²) in [5.41, 5.74) is 2.84. The number of hydrogen-bond donors (Lipinski definition) is 0.